The second kappa shape index (κ2) is 5.20. The Bertz CT molecular complexity index is 398. The van der Waals surface area contributed by atoms with E-state index in [0.29, 0.717) is 12.3 Å². The Balaban J connectivity index is 0.00000144. The molecular weight excluding hydrogens is 257 g/mol. The van der Waals surface area contributed by atoms with E-state index in [1.807, 2.05) is 0 Å². The summed E-state index contributed by atoms with van der Waals surface area (Å²) in [5.41, 5.74) is 0.272. The highest BCUT2D eigenvalue weighted by atomic mass is 35.5. The van der Waals surface area contributed by atoms with Crippen molar-refractivity contribution < 1.29 is 17.9 Å². The summed E-state index contributed by atoms with van der Waals surface area (Å²) in [5, 5.41) is 2.97. The molecule has 17 heavy (non-hydrogen) atoms. The van der Waals surface area contributed by atoms with E-state index < -0.39 is 11.9 Å². The normalized spacial score (nSPS) is 19.4. The molecule has 96 valence electrons. The van der Waals surface area contributed by atoms with Gasteiger partial charge in [-0.05, 0) is 18.7 Å². The van der Waals surface area contributed by atoms with E-state index in [9.17, 15) is 13.2 Å². The van der Waals surface area contributed by atoms with E-state index in [0.717, 1.165) is 11.6 Å². The molecule has 0 aromatic carbocycles. The Kier molecular flexibility index (Phi) is 4.35. The minimum Gasteiger partial charge on any atom is -0.373 e. The van der Waals surface area contributed by atoms with Crippen LogP contribution in [0.5, 0.6) is 0 Å². The Morgan fingerprint density at radius 3 is 2.71 bits per heavy atom. The Morgan fingerprint density at radius 2 is 2.12 bits per heavy atom. The van der Waals surface area contributed by atoms with Crippen LogP contribution in [0, 0.1) is 0 Å². The number of hydrogen-bond donors (Lipinski definition) is 1. The van der Waals surface area contributed by atoms with Gasteiger partial charge >= 0.3 is 6.18 Å². The molecule has 1 unspecified atom stereocenters. The number of halogens is 4. The molecule has 0 amide bonds. The van der Waals surface area contributed by atoms with Gasteiger partial charge in [-0.15, -0.1) is 12.4 Å². The lowest BCUT2D eigenvalue weighted by Gasteiger charge is -2.25. The maximum absolute atomic E-state index is 12.4. The minimum atomic E-state index is -4.40. The van der Waals surface area contributed by atoms with Crippen LogP contribution in [-0.4, -0.2) is 18.6 Å². The molecule has 1 aromatic rings. The molecule has 1 aliphatic heterocycles. The third-order valence-electron chi connectivity index (χ3n) is 2.55. The third kappa shape index (κ3) is 2.88. The summed E-state index contributed by atoms with van der Waals surface area (Å²) in [5.74, 6) is 0. The number of ether oxygens (including phenoxy) is 1. The monoisotopic (exact) mass is 268 g/mol. The Morgan fingerprint density at radius 1 is 1.41 bits per heavy atom. The number of aromatic nitrogens is 1. The van der Waals surface area contributed by atoms with Gasteiger partial charge in [-0.3, -0.25) is 0 Å². The summed E-state index contributed by atoms with van der Waals surface area (Å²) in [6, 6.07) is 2.39. The summed E-state index contributed by atoms with van der Waals surface area (Å²) in [6.07, 6.45) is -4.40. The van der Waals surface area contributed by atoms with Crippen molar-refractivity contribution in [2.24, 2.45) is 0 Å². The summed E-state index contributed by atoms with van der Waals surface area (Å²) in [4.78, 5) is 3.59. The van der Waals surface area contributed by atoms with Gasteiger partial charge in [-0.2, -0.15) is 13.2 Å². The first-order chi connectivity index (χ1) is 7.52. The smallest absolute Gasteiger partial charge is 0.373 e. The number of pyridine rings is 1. The number of nitrogens with zero attached hydrogens (tertiary/aromatic N) is 1. The molecule has 0 fully saturated rings. The molecule has 2 heterocycles. The summed E-state index contributed by atoms with van der Waals surface area (Å²) >= 11 is 0. The molecule has 1 aromatic heterocycles. The average molecular weight is 269 g/mol. The van der Waals surface area contributed by atoms with Gasteiger partial charge in [-0.1, -0.05) is 6.07 Å². The highest BCUT2D eigenvalue weighted by Crippen LogP contribution is 2.31. The van der Waals surface area contributed by atoms with Gasteiger partial charge in [0, 0.05) is 0 Å². The van der Waals surface area contributed by atoms with Crippen LogP contribution in [0.3, 0.4) is 0 Å². The van der Waals surface area contributed by atoms with Gasteiger partial charge in [-0.25, -0.2) is 4.98 Å². The first-order valence-corrected chi connectivity index (χ1v) is 4.84. The SMILES string of the molecule is CNC1COCc2nc(C(F)(F)F)ccc21.Cl. The standard InChI is InChI=1S/C10H11F3N2O.ClH/c1-14-7-4-16-5-8-6(7)2-3-9(15-8)10(11,12)13;/h2-3,7,14H,4-5H2,1H3;1H. The summed E-state index contributed by atoms with van der Waals surface area (Å²) < 4.78 is 42.4. The van der Waals surface area contributed by atoms with E-state index in [4.69, 9.17) is 4.74 Å². The molecule has 0 radical (unpaired) electrons. The van der Waals surface area contributed by atoms with Crippen LogP contribution in [0.2, 0.25) is 0 Å². The first kappa shape index (κ1) is 14.2. The molecule has 1 atom stereocenters. The molecule has 0 saturated carbocycles. The topological polar surface area (TPSA) is 34.1 Å². The number of alkyl halides is 3. The first-order valence-electron chi connectivity index (χ1n) is 4.84. The van der Waals surface area contributed by atoms with Gasteiger partial charge in [0.1, 0.15) is 5.69 Å². The summed E-state index contributed by atoms with van der Waals surface area (Å²) in [7, 11) is 1.74. The highest BCUT2D eigenvalue weighted by Gasteiger charge is 2.34. The van der Waals surface area contributed by atoms with Crippen LogP contribution in [-0.2, 0) is 17.5 Å². The number of likely N-dealkylation sites (N-methyl/N-ethyl adjacent to an activating group) is 1. The third-order valence-corrected chi connectivity index (χ3v) is 2.55. The fourth-order valence-corrected chi connectivity index (χ4v) is 1.70. The van der Waals surface area contributed by atoms with Crippen molar-refractivity contribution in [1.82, 2.24) is 10.3 Å². The fourth-order valence-electron chi connectivity index (χ4n) is 1.70. The van der Waals surface area contributed by atoms with Crippen LogP contribution in [0.1, 0.15) is 23.0 Å². The van der Waals surface area contributed by atoms with Crippen molar-refractivity contribution in [3.8, 4) is 0 Å². The fraction of sp³-hybridized carbons (Fsp3) is 0.500. The number of hydrogen-bond acceptors (Lipinski definition) is 3. The molecule has 2 rings (SSSR count). The molecule has 1 N–H and O–H groups in total. The largest absolute Gasteiger partial charge is 0.433 e. The van der Waals surface area contributed by atoms with Gasteiger partial charge in [0.25, 0.3) is 0 Å². The molecule has 0 bridgehead atoms. The van der Waals surface area contributed by atoms with Crippen molar-refractivity contribution in [3.63, 3.8) is 0 Å². The second-order valence-corrected chi connectivity index (χ2v) is 3.59. The molecular formula is C10H12ClF3N2O. The van der Waals surface area contributed by atoms with Crippen molar-refractivity contribution in [1.29, 1.82) is 0 Å². The predicted molar refractivity (Wildman–Crippen MR) is 57.9 cm³/mol. The lowest BCUT2D eigenvalue weighted by atomic mass is 10.0. The molecule has 0 aliphatic carbocycles. The van der Waals surface area contributed by atoms with E-state index in [1.165, 1.54) is 6.07 Å². The van der Waals surface area contributed by atoms with Crippen LogP contribution < -0.4 is 5.32 Å². The van der Waals surface area contributed by atoms with Gasteiger partial charge in [0.15, 0.2) is 0 Å². The van der Waals surface area contributed by atoms with Crippen molar-refractivity contribution in [3.05, 3.63) is 29.1 Å². The van der Waals surface area contributed by atoms with Gasteiger partial charge in [0.2, 0.25) is 0 Å². The van der Waals surface area contributed by atoms with Crippen molar-refractivity contribution >= 4 is 12.4 Å². The number of rotatable bonds is 1. The molecule has 7 heteroatoms. The maximum Gasteiger partial charge on any atom is 0.433 e. The van der Waals surface area contributed by atoms with Crippen LogP contribution in [0.4, 0.5) is 13.2 Å². The second-order valence-electron chi connectivity index (χ2n) is 3.59. The van der Waals surface area contributed by atoms with E-state index in [2.05, 4.69) is 10.3 Å². The summed E-state index contributed by atoms with van der Waals surface area (Å²) in [6.45, 7) is 0.591. The van der Waals surface area contributed by atoms with Crippen LogP contribution >= 0.6 is 12.4 Å². The number of nitrogens with one attached hydrogen (secondary N) is 1. The molecule has 3 nitrogen and oxygen atoms in total. The lowest BCUT2D eigenvalue weighted by molar-refractivity contribution is -0.141. The zero-order chi connectivity index (χ0) is 11.8. The quantitative estimate of drug-likeness (QED) is 0.849. The zero-order valence-corrected chi connectivity index (χ0v) is 9.86. The van der Waals surface area contributed by atoms with E-state index in [1.54, 1.807) is 7.05 Å². The van der Waals surface area contributed by atoms with E-state index in [-0.39, 0.29) is 25.1 Å². The number of fused-ring (bicyclic) bond motifs is 1. The molecule has 0 spiro atoms. The molecule has 1 aliphatic rings. The van der Waals surface area contributed by atoms with Gasteiger partial charge in [0.05, 0.1) is 24.9 Å². The van der Waals surface area contributed by atoms with E-state index >= 15 is 0 Å². The van der Waals surface area contributed by atoms with Crippen LogP contribution in [0.25, 0.3) is 0 Å². The zero-order valence-electron chi connectivity index (χ0n) is 9.04. The Hall–Kier alpha value is -0.850. The Labute approximate surface area is 103 Å². The maximum atomic E-state index is 12.4. The van der Waals surface area contributed by atoms with Crippen molar-refractivity contribution in [2.45, 2.75) is 18.8 Å². The lowest BCUT2D eigenvalue weighted by Crippen LogP contribution is -2.28. The average Bonchev–Trinajstić information content (AvgIpc) is 2.26. The van der Waals surface area contributed by atoms with Crippen LogP contribution in [0.15, 0.2) is 12.1 Å². The van der Waals surface area contributed by atoms with Crippen molar-refractivity contribution in [2.75, 3.05) is 13.7 Å². The predicted octanol–water partition coefficient (Wildman–Crippen LogP) is 2.31. The molecule has 0 saturated heterocycles. The van der Waals surface area contributed by atoms with Gasteiger partial charge < -0.3 is 10.1 Å². The highest BCUT2D eigenvalue weighted by molar-refractivity contribution is 5.85. The minimum absolute atomic E-state index is 0.